The van der Waals surface area contributed by atoms with E-state index in [-0.39, 0.29) is 0 Å². The van der Waals surface area contributed by atoms with Crippen LogP contribution in [0.15, 0.2) is 29.1 Å². The van der Waals surface area contributed by atoms with Gasteiger partial charge in [0.2, 0.25) is 0 Å². The van der Waals surface area contributed by atoms with Crippen LogP contribution in [0.2, 0.25) is 0 Å². The molecule has 0 spiro atoms. The summed E-state index contributed by atoms with van der Waals surface area (Å²) in [4.78, 5) is 3.93. The Labute approximate surface area is 63.5 Å². The van der Waals surface area contributed by atoms with Crippen LogP contribution in [0, 0.1) is 6.92 Å². The largest absolute Gasteiger partial charge is 0.431 e. The summed E-state index contributed by atoms with van der Waals surface area (Å²) in [6.45, 7) is 1.92. The molecule has 0 fully saturated rings. The molecule has 0 atom stereocenters. The van der Waals surface area contributed by atoms with Crippen molar-refractivity contribution >= 4 is 0 Å². The van der Waals surface area contributed by atoms with E-state index in [1.54, 1.807) is 17.1 Å². The molecule has 2 rings (SSSR count). The van der Waals surface area contributed by atoms with Crippen LogP contribution in [0.4, 0.5) is 0 Å². The van der Waals surface area contributed by atoms with Gasteiger partial charge in [0.05, 0.1) is 11.9 Å². The van der Waals surface area contributed by atoms with Crippen molar-refractivity contribution in [2.45, 2.75) is 6.92 Å². The molecule has 11 heavy (non-hydrogen) atoms. The van der Waals surface area contributed by atoms with Gasteiger partial charge in [-0.05, 0) is 13.0 Å². The lowest BCUT2D eigenvalue weighted by molar-refractivity contribution is 0.509. The maximum Gasteiger partial charge on any atom is 0.322 e. The zero-order valence-electron chi connectivity index (χ0n) is 6.06. The lowest BCUT2D eigenvalue weighted by Gasteiger charge is -1.89. The number of hydrogen-bond donors (Lipinski definition) is 0. The molecule has 4 heteroatoms. The van der Waals surface area contributed by atoms with Crippen molar-refractivity contribution in [2.24, 2.45) is 0 Å². The van der Waals surface area contributed by atoms with Gasteiger partial charge < -0.3 is 4.42 Å². The first kappa shape index (κ1) is 6.15. The fourth-order valence-electron chi connectivity index (χ4n) is 0.851. The van der Waals surface area contributed by atoms with E-state index < -0.39 is 0 Å². The van der Waals surface area contributed by atoms with Gasteiger partial charge in [-0.15, -0.1) is 0 Å². The predicted molar refractivity (Wildman–Crippen MR) is 38.4 cm³/mol. The molecule has 2 heterocycles. The van der Waals surface area contributed by atoms with Crippen LogP contribution in [-0.4, -0.2) is 14.8 Å². The third-order valence-corrected chi connectivity index (χ3v) is 1.34. The molecule has 0 aliphatic carbocycles. The maximum absolute atomic E-state index is 5.02. The van der Waals surface area contributed by atoms with E-state index in [1.165, 1.54) is 6.26 Å². The molecule has 0 radical (unpaired) electrons. The minimum atomic E-state index is 0.498. The molecule has 0 saturated carbocycles. The lowest BCUT2D eigenvalue weighted by atomic mass is 10.5. The smallest absolute Gasteiger partial charge is 0.322 e. The fourth-order valence-corrected chi connectivity index (χ4v) is 0.851. The molecule has 0 bridgehead atoms. The van der Waals surface area contributed by atoms with Gasteiger partial charge in [0.15, 0.2) is 0 Å². The Morgan fingerprint density at radius 2 is 2.45 bits per heavy atom. The van der Waals surface area contributed by atoms with Gasteiger partial charge in [0.25, 0.3) is 0 Å². The summed E-state index contributed by atoms with van der Waals surface area (Å²) in [7, 11) is 0. The Hall–Kier alpha value is -1.58. The second-order valence-electron chi connectivity index (χ2n) is 2.22. The molecule has 0 aliphatic heterocycles. The normalized spacial score (nSPS) is 10.3. The molecule has 4 nitrogen and oxygen atoms in total. The molecule has 0 unspecified atom stereocenters. The molecule has 0 N–H and O–H groups in total. The topological polar surface area (TPSA) is 43.9 Å². The highest BCUT2D eigenvalue weighted by Gasteiger charge is 1.99. The number of oxazole rings is 1. The van der Waals surface area contributed by atoms with Crippen LogP contribution in [0.25, 0.3) is 6.01 Å². The van der Waals surface area contributed by atoms with Gasteiger partial charge in [0.1, 0.15) is 6.26 Å². The van der Waals surface area contributed by atoms with E-state index in [0.717, 1.165) is 5.69 Å². The zero-order valence-corrected chi connectivity index (χ0v) is 6.06. The van der Waals surface area contributed by atoms with E-state index in [9.17, 15) is 0 Å². The van der Waals surface area contributed by atoms with Crippen molar-refractivity contribution in [1.82, 2.24) is 14.8 Å². The van der Waals surface area contributed by atoms with Crippen molar-refractivity contribution in [1.29, 1.82) is 0 Å². The summed E-state index contributed by atoms with van der Waals surface area (Å²) in [6.07, 6.45) is 4.92. The van der Waals surface area contributed by atoms with Crippen molar-refractivity contribution in [2.75, 3.05) is 0 Å². The van der Waals surface area contributed by atoms with Gasteiger partial charge in [-0.25, -0.2) is 4.98 Å². The second kappa shape index (κ2) is 2.23. The van der Waals surface area contributed by atoms with Crippen molar-refractivity contribution < 1.29 is 4.42 Å². The summed E-state index contributed by atoms with van der Waals surface area (Å²) in [5.74, 6) is 0. The highest BCUT2D eigenvalue weighted by molar-refractivity contribution is 5.06. The first-order valence-electron chi connectivity index (χ1n) is 3.28. The molecule has 0 saturated heterocycles. The van der Waals surface area contributed by atoms with Crippen LogP contribution in [0.5, 0.6) is 0 Å². The van der Waals surface area contributed by atoms with Crippen LogP contribution >= 0.6 is 0 Å². The van der Waals surface area contributed by atoms with Gasteiger partial charge in [-0.1, -0.05) is 0 Å². The fraction of sp³-hybridized carbons (Fsp3) is 0.143. The average Bonchev–Trinajstić information content (AvgIpc) is 2.55. The molecule has 2 aromatic heterocycles. The van der Waals surface area contributed by atoms with Crippen LogP contribution in [0.1, 0.15) is 5.69 Å². The molecule has 0 aliphatic rings. The molecular formula is C7H7N3O. The van der Waals surface area contributed by atoms with Gasteiger partial charge >= 0.3 is 6.01 Å². The van der Waals surface area contributed by atoms with Crippen LogP contribution < -0.4 is 0 Å². The molecule has 2 aromatic rings. The minimum absolute atomic E-state index is 0.498. The highest BCUT2D eigenvalue weighted by atomic mass is 16.4. The average molecular weight is 149 g/mol. The zero-order chi connectivity index (χ0) is 7.68. The predicted octanol–water partition coefficient (Wildman–Crippen LogP) is 1.17. The third kappa shape index (κ3) is 1.02. The Morgan fingerprint density at radius 1 is 1.55 bits per heavy atom. The number of hydrogen-bond acceptors (Lipinski definition) is 3. The second-order valence-corrected chi connectivity index (χ2v) is 2.22. The van der Waals surface area contributed by atoms with Crippen LogP contribution in [0.3, 0.4) is 0 Å². The first-order valence-corrected chi connectivity index (χ1v) is 3.28. The van der Waals surface area contributed by atoms with E-state index in [2.05, 4.69) is 10.1 Å². The Morgan fingerprint density at radius 3 is 3.00 bits per heavy atom. The summed E-state index contributed by atoms with van der Waals surface area (Å²) in [6, 6.07) is 2.39. The number of aryl methyl sites for hydroxylation is 1. The Kier molecular flexibility index (Phi) is 1.25. The quantitative estimate of drug-likeness (QED) is 0.611. The molecule has 56 valence electrons. The van der Waals surface area contributed by atoms with Gasteiger partial charge in [-0.3, -0.25) is 0 Å². The lowest BCUT2D eigenvalue weighted by Crippen LogP contribution is -1.94. The van der Waals surface area contributed by atoms with Crippen molar-refractivity contribution in [3.63, 3.8) is 0 Å². The highest BCUT2D eigenvalue weighted by Crippen LogP contribution is 2.02. The number of nitrogens with zero attached hydrogens (tertiary/aromatic N) is 3. The van der Waals surface area contributed by atoms with Gasteiger partial charge in [0, 0.05) is 6.20 Å². The SMILES string of the molecule is Cc1ccn(-c2ncco2)n1. The summed E-state index contributed by atoms with van der Waals surface area (Å²) >= 11 is 0. The van der Waals surface area contributed by atoms with E-state index in [0.29, 0.717) is 6.01 Å². The van der Waals surface area contributed by atoms with E-state index in [4.69, 9.17) is 4.42 Å². The first-order chi connectivity index (χ1) is 5.36. The molecule has 0 aromatic carbocycles. The monoisotopic (exact) mass is 149 g/mol. The number of rotatable bonds is 1. The van der Waals surface area contributed by atoms with E-state index >= 15 is 0 Å². The third-order valence-electron chi connectivity index (χ3n) is 1.34. The maximum atomic E-state index is 5.02. The minimum Gasteiger partial charge on any atom is -0.431 e. The van der Waals surface area contributed by atoms with Gasteiger partial charge in [-0.2, -0.15) is 9.78 Å². The van der Waals surface area contributed by atoms with Crippen LogP contribution in [-0.2, 0) is 0 Å². The standard InChI is InChI=1S/C7H7N3O/c1-6-2-4-10(9-6)7-8-3-5-11-7/h2-5H,1H3. The molecule has 0 amide bonds. The summed E-state index contributed by atoms with van der Waals surface area (Å²) in [5, 5.41) is 4.11. The number of aromatic nitrogens is 3. The summed E-state index contributed by atoms with van der Waals surface area (Å²) in [5.41, 5.74) is 0.947. The van der Waals surface area contributed by atoms with Crippen molar-refractivity contribution in [3.8, 4) is 6.01 Å². The molecular weight excluding hydrogens is 142 g/mol. The Balaban J connectivity index is 2.45. The van der Waals surface area contributed by atoms with E-state index in [1.807, 2.05) is 13.0 Å². The Bertz CT molecular complexity index is 336. The van der Waals surface area contributed by atoms with Crippen molar-refractivity contribution in [3.05, 3.63) is 30.4 Å². The summed E-state index contributed by atoms with van der Waals surface area (Å²) < 4.78 is 6.61.